The van der Waals surface area contributed by atoms with Crippen molar-refractivity contribution >= 4 is 39.9 Å². The van der Waals surface area contributed by atoms with E-state index in [0.29, 0.717) is 40.8 Å². The fraction of sp³-hybridized carbons (Fsp3) is 0.250. The number of aromatic amines is 1. The Bertz CT molecular complexity index is 975. The molecule has 1 atom stereocenters. The molecule has 0 radical (unpaired) electrons. The molecule has 0 spiro atoms. The molecule has 3 aromatic rings. The maximum Gasteiger partial charge on any atom is 0.191 e. The monoisotopic (exact) mass is 405 g/mol. The highest BCUT2D eigenvalue weighted by atomic mass is 35.5. The summed E-state index contributed by atoms with van der Waals surface area (Å²) in [6.07, 6.45) is 0.687. The highest BCUT2D eigenvalue weighted by Crippen LogP contribution is 2.22. The van der Waals surface area contributed by atoms with Crippen LogP contribution in [0.4, 0.5) is 5.82 Å². The minimum absolute atomic E-state index is 0.0384. The van der Waals surface area contributed by atoms with Crippen LogP contribution in [0.3, 0.4) is 0 Å². The topological polar surface area (TPSA) is 77.2 Å². The van der Waals surface area contributed by atoms with Crippen molar-refractivity contribution in [1.29, 1.82) is 0 Å². The van der Waals surface area contributed by atoms with Gasteiger partial charge in [0.2, 0.25) is 0 Å². The van der Waals surface area contributed by atoms with Gasteiger partial charge in [0.05, 0.1) is 28.2 Å². The fourth-order valence-electron chi connectivity index (χ4n) is 2.86. The van der Waals surface area contributed by atoms with Gasteiger partial charge in [0.1, 0.15) is 5.82 Å². The molecular formula is C20H21Cl2N3O2. The Balaban J connectivity index is 1.54. The molecule has 27 heavy (non-hydrogen) atoms. The van der Waals surface area contributed by atoms with Gasteiger partial charge in [-0.05, 0) is 42.8 Å². The average molecular weight is 406 g/mol. The highest BCUT2D eigenvalue weighted by molar-refractivity contribution is 6.42. The van der Waals surface area contributed by atoms with Gasteiger partial charge in [-0.3, -0.25) is 4.79 Å². The van der Waals surface area contributed by atoms with E-state index in [0.717, 1.165) is 11.1 Å². The number of rotatable bonds is 8. The molecule has 4 N–H and O–H groups in total. The molecule has 0 amide bonds. The van der Waals surface area contributed by atoms with Gasteiger partial charge in [0.25, 0.3) is 0 Å². The number of hydrogen-bond donors (Lipinski definition) is 4. The first kappa shape index (κ1) is 19.7. The van der Waals surface area contributed by atoms with Gasteiger partial charge in [-0.25, -0.2) is 0 Å². The van der Waals surface area contributed by atoms with Crippen molar-refractivity contribution in [3.05, 3.63) is 74.4 Å². The quantitative estimate of drug-likeness (QED) is 0.430. The molecule has 1 aromatic heterocycles. The summed E-state index contributed by atoms with van der Waals surface area (Å²) in [6, 6.07) is 14.2. The standard InChI is InChI=1S/C20H21Cl2N3O2/c21-16-6-5-13(9-17(16)22)11-23-8-7-14(12-26)24-20-10-19(27)15-3-1-2-4-18(15)25-20/h1-6,9-10,14,23,26H,7-8,11-12H2,(H2,24,25,27)/t14-/m0/s1. The normalized spacial score (nSPS) is 12.3. The maximum atomic E-state index is 12.2. The van der Waals surface area contributed by atoms with Crippen molar-refractivity contribution in [2.75, 3.05) is 18.5 Å². The molecule has 0 unspecified atom stereocenters. The number of halogens is 2. The van der Waals surface area contributed by atoms with Crippen molar-refractivity contribution < 1.29 is 5.11 Å². The second-order valence-corrected chi connectivity index (χ2v) is 7.14. The first-order valence-electron chi connectivity index (χ1n) is 8.71. The van der Waals surface area contributed by atoms with Crippen LogP contribution in [0.15, 0.2) is 53.3 Å². The van der Waals surface area contributed by atoms with Crippen LogP contribution in [-0.2, 0) is 6.54 Å². The van der Waals surface area contributed by atoms with Crippen LogP contribution in [0.5, 0.6) is 0 Å². The van der Waals surface area contributed by atoms with Crippen LogP contribution in [0, 0.1) is 0 Å². The molecule has 1 heterocycles. The number of benzene rings is 2. The van der Waals surface area contributed by atoms with Crippen LogP contribution in [0.25, 0.3) is 10.9 Å². The Morgan fingerprint density at radius 2 is 1.89 bits per heavy atom. The summed E-state index contributed by atoms with van der Waals surface area (Å²) in [6.45, 7) is 1.31. The van der Waals surface area contributed by atoms with E-state index < -0.39 is 0 Å². The minimum atomic E-state index is -0.178. The third-order valence-electron chi connectivity index (χ3n) is 4.30. The molecule has 0 aliphatic rings. The molecule has 0 saturated carbocycles. The van der Waals surface area contributed by atoms with E-state index in [-0.39, 0.29) is 18.1 Å². The van der Waals surface area contributed by atoms with Gasteiger partial charge in [0, 0.05) is 18.0 Å². The van der Waals surface area contributed by atoms with Crippen molar-refractivity contribution in [1.82, 2.24) is 10.3 Å². The van der Waals surface area contributed by atoms with Crippen molar-refractivity contribution in [2.24, 2.45) is 0 Å². The molecular weight excluding hydrogens is 385 g/mol. The van der Waals surface area contributed by atoms with Crippen LogP contribution in [0.2, 0.25) is 10.0 Å². The van der Waals surface area contributed by atoms with E-state index in [9.17, 15) is 9.90 Å². The lowest BCUT2D eigenvalue weighted by Gasteiger charge is -2.18. The Hall–Kier alpha value is -2.05. The Labute approximate surface area is 167 Å². The molecule has 5 nitrogen and oxygen atoms in total. The lowest BCUT2D eigenvalue weighted by Crippen LogP contribution is -2.29. The predicted molar refractivity (Wildman–Crippen MR) is 112 cm³/mol. The summed E-state index contributed by atoms with van der Waals surface area (Å²) >= 11 is 11.9. The summed E-state index contributed by atoms with van der Waals surface area (Å²) in [5.74, 6) is 0.599. The van der Waals surface area contributed by atoms with Crippen LogP contribution in [-0.4, -0.2) is 29.3 Å². The molecule has 0 aliphatic carbocycles. The minimum Gasteiger partial charge on any atom is -0.394 e. The predicted octanol–water partition coefficient (Wildman–Crippen LogP) is 3.79. The third-order valence-corrected chi connectivity index (χ3v) is 5.04. The van der Waals surface area contributed by atoms with Gasteiger partial charge in [-0.2, -0.15) is 0 Å². The molecule has 0 fully saturated rings. The van der Waals surface area contributed by atoms with E-state index >= 15 is 0 Å². The Kier molecular flexibility index (Phi) is 6.74. The number of aliphatic hydroxyl groups excluding tert-OH is 1. The third kappa shape index (κ3) is 5.23. The van der Waals surface area contributed by atoms with E-state index in [1.807, 2.05) is 30.3 Å². The summed E-state index contributed by atoms with van der Waals surface area (Å²) in [4.78, 5) is 15.4. The zero-order valence-corrected chi connectivity index (χ0v) is 16.1. The molecule has 3 rings (SSSR count). The molecule has 0 bridgehead atoms. The number of para-hydroxylation sites is 1. The van der Waals surface area contributed by atoms with Gasteiger partial charge in [0.15, 0.2) is 5.43 Å². The fourth-order valence-corrected chi connectivity index (χ4v) is 3.18. The molecule has 142 valence electrons. The number of H-pyrrole nitrogens is 1. The lowest BCUT2D eigenvalue weighted by molar-refractivity contribution is 0.268. The van der Waals surface area contributed by atoms with Crippen molar-refractivity contribution in [3.8, 4) is 0 Å². The first-order chi connectivity index (χ1) is 13.1. The number of aliphatic hydroxyl groups is 1. The number of anilines is 1. The van der Waals surface area contributed by atoms with E-state index in [4.69, 9.17) is 23.2 Å². The highest BCUT2D eigenvalue weighted by Gasteiger charge is 2.09. The summed E-state index contributed by atoms with van der Waals surface area (Å²) < 4.78 is 0. The molecule has 7 heteroatoms. The van der Waals surface area contributed by atoms with Gasteiger partial charge >= 0.3 is 0 Å². The summed E-state index contributed by atoms with van der Waals surface area (Å²) in [7, 11) is 0. The number of aromatic nitrogens is 1. The number of hydrogen-bond acceptors (Lipinski definition) is 4. The number of pyridine rings is 1. The summed E-state index contributed by atoms with van der Waals surface area (Å²) in [5, 5.41) is 17.9. The molecule has 2 aromatic carbocycles. The van der Waals surface area contributed by atoms with Crippen LogP contribution >= 0.6 is 23.2 Å². The van der Waals surface area contributed by atoms with Gasteiger partial charge in [-0.15, -0.1) is 0 Å². The van der Waals surface area contributed by atoms with Crippen molar-refractivity contribution in [2.45, 2.75) is 19.0 Å². The maximum absolute atomic E-state index is 12.2. The average Bonchev–Trinajstić information content (AvgIpc) is 2.67. The van der Waals surface area contributed by atoms with E-state index in [1.165, 1.54) is 6.07 Å². The van der Waals surface area contributed by atoms with E-state index in [1.54, 1.807) is 12.1 Å². The largest absolute Gasteiger partial charge is 0.394 e. The SMILES string of the molecule is O=c1cc(N[C@H](CO)CCNCc2ccc(Cl)c(Cl)c2)[nH]c2ccccc12. The van der Waals surface area contributed by atoms with Gasteiger partial charge in [-0.1, -0.05) is 41.4 Å². The van der Waals surface area contributed by atoms with Crippen molar-refractivity contribution in [3.63, 3.8) is 0 Å². The summed E-state index contributed by atoms with van der Waals surface area (Å²) in [5.41, 5.74) is 1.75. The molecule has 0 saturated heterocycles. The lowest BCUT2D eigenvalue weighted by atomic mass is 10.2. The second kappa shape index (κ2) is 9.24. The zero-order valence-electron chi connectivity index (χ0n) is 14.6. The number of fused-ring (bicyclic) bond motifs is 1. The Morgan fingerprint density at radius 3 is 2.67 bits per heavy atom. The second-order valence-electron chi connectivity index (χ2n) is 6.33. The van der Waals surface area contributed by atoms with E-state index in [2.05, 4.69) is 15.6 Å². The zero-order chi connectivity index (χ0) is 19.2. The van der Waals surface area contributed by atoms with Gasteiger partial charge < -0.3 is 20.7 Å². The van der Waals surface area contributed by atoms with Crippen LogP contribution in [0.1, 0.15) is 12.0 Å². The van der Waals surface area contributed by atoms with Crippen LogP contribution < -0.4 is 16.1 Å². The smallest absolute Gasteiger partial charge is 0.191 e. The molecule has 0 aliphatic heterocycles. The Morgan fingerprint density at radius 1 is 1.07 bits per heavy atom. The first-order valence-corrected chi connectivity index (χ1v) is 9.46. The number of nitrogens with one attached hydrogen (secondary N) is 3.